The van der Waals surface area contributed by atoms with Crippen molar-refractivity contribution in [3.05, 3.63) is 41.0 Å². The van der Waals surface area contributed by atoms with E-state index in [2.05, 4.69) is 57.7 Å². The first-order chi connectivity index (χ1) is 5.83. The number of hydrogen-bond donors (Lipinski definition) is 0. The normalized spacial score (nSPS) is 19.5. The minimum absolute atomic E-state index is 0.617. The molecule has 0 bridgehead atoms. The van der Waals surface area contributed by atoms with E-state index in [1.165, 1.54) is 16.7 Å². The van der Waals surface area contributed by atoms with Gasteiger partial charge in [-0.25, -0.2) is 0 Å². The Hall–Kier alpha value is -0.326. The number of hydrogen-bond acceptors (Lipinski definition) is 0. The Bertz CT molecular complexity index is 326. The fraction of sp³-hybridized carbons (Fsp3) is 0.273. The molecule has 1 unspecified atom stereocenters. The van der Waals surface area contributed by atoms with Gasteiger partial charge in [-0.2, -0.15) is 0 Å². The molecule has 0 radical (unpaired) electrons. The van der Waals surface area contributed by atoms with Crippen molar-refractivity contribution in [2.75, 3.05) is 0 Å². The van der Waals surface area contributed by atoms with Crippen molar-refractivity contribution >= 4 is 6.08 Å². The zero-order chi connectivity index (χ0) is 8.55. The Morgan fingerprint density at radius 2 is 2.25 bits per heavy atom. The Morgan fingerprint density at radius 1 is 1.42 bits per heavy atom. The molecule has 0 aromatic heterocycles. The van der Waals surface area contributed by atoms with E-state index in [-0.39, 0.29) is 0 Å². The van der Waals surface area contributed by atoms with Crippen molar-refractivity contribution in [3.8, 4) is 0 Å². The SMILES string of the molecule is CCc1cccc2c1C=C[CH]2[Ti]. The summed E-state index contributed by atoms with van der Waals surface area (Å²) in [5.41, 5.74) is 4.44. The van der Waals surface area contributed by atoms with Crippen LogP contribution in [0.3, 0.4) is 0 Å². The van der Waals surface area contributed by atoms with Crippen LogP contribution in [0.25, 0.3) is 6.08 Å². The molecule has 0 spiro atoms. The van der Waals surface area contributed by atoms with Crippen LogP contribution in [0.15, 0.2) is 24.3 Å². The van der Waals surface area contributed by atoms with Gasteiger partial charge in [0.25, 0.3) is 0 Å². The van der Waals surface area contributed by atoms with E-state index in [1.807, 2.05) is 0 Å². The number of benzene rings is 1. The van der Waals surface area contributed by atoms with Gasteiger partial charge in [0.05, 0.1) is 0 Å². The second kappa shape index (κ2) is 3.20. The maximum atomic E-state index is 2.28. The summed E-state index contributed by atoms with van der Waals surface area (Å²) in [4.78, 5) is 0. The molecular formula is C11H11Ti. The number of fused-ring (bicyclic) bond motifs is 1. The van der Waals surface area contributed by atoms with Crippen LogP contribution in [-0.2, 0) is 26.9 Å². The van der Waals surface area contributed by atoms with Gasteiger partial charge in [-0.3, -0.25) is 0 Å². The minimum atomic E-state index is 0.617. The molecule has 0 aliphatic heterocycles. The standard InChI is InChI=1S/C11H11.Ti/c1-2-9-5-3-6-10-7-4-8-11(9)10;/h3-8H,2H2,1H3;. The Labute approximate surface area is 85.1 Å². The second-order valence-corrected chi connectivity index (χ2v) is 4.08. The third-order valence-electron chi connectivity index (χ3n) is 2.40. The van der Waals surface area contributed by atoms with E-state index in [9.17, 15) is 0 Å². The van der Waals surface area contributed by atoms with E-state index < -0.39 is 0 Å². The predicted octanol–water partition coefficient (Wildman–Crippen LogP) is 2.86. The van der Waals surface area contributed by atoms with Gasteiger partial charge in [0.15, 0.2) is 0 Å². The van der Waals surface area contributed by atoms with Crippen molar-refractivity contribution in [2.45, 2.75) is 17.6 Å². The van der Waals surface area contributed by atoms with Gasteiger partial charge in [-0.1, -0.05) is 0 Å². The molecule has 1 aliphatic carbocycles. The van der Waals surface area contributed by atoms with Crippen molar-refractivity contribution in [1.29, 1.82) is 0 Å². The van der Waals surface area contributed by atoms with Crippen molar-refractivity contribution in [1.82, 2.24) is 0 Å². The van der Waals surface area contributed by atoms with Crippen LogP contribution in [0.5, 0.6) is 0 Å². The monoisotopic (exact) mass is 191 g/mol. The summed E-state index contributed by atoms with van der Waals surface area (Å²) in [7, 11) is 0. The molecule has 1 heteroatoms. The van der Waals surface area contributed by atoms with Crippen LogP contribution in [0.2, 0.25) is 0 Å². The first kappa shape index (κ1) is 8.28. The predicted molar refractivity (Wildman–Crippen MR) is 47.6 cm³/mol. The van der Waals surface area contributed by atoms with Gasteiger partial charge in [0.2, 0.25) is 0 Å². The van der Waals surface area contributed by atoms with Crippen LogP contribution in [0.1, 0.15) is 27.8 Å². The fourth-order valence-corrected chi connectivity index (χ4v) is 2.26. The van der Waals surface area contributed by atoms with Crippen LogP contribution in [0, 0.1) is 0 Å². The second-order valence-electron chi connectivity index (χ2n) is 3.11. The summed E-state index contributed by atoms with van der Waals surface area (Å²) in [6.07, 6.45) is 5.68. The van der Waals surface area contributed by atoms with Crippen LogP contribution >= 0.6 is 0 Å². The number of aryl methyl sites for hydroxylation is 1. The van der Waals surface area contributed by atoms with E-state index in [1.54, 1.807) is 0 Å². The molecule has 0 nitrogen and oxygen atoms in total. The van der Waals surface area contributed by atoms with Gasteiger partial charge in [-0.05, 0) is 0 Å². The summed E-state index contributed by atoms with van der Waals surface area (Å²) in [5.74, 6) is 0. The molecule has 1 aromatic rings. The molecule has 12 heavy (non-hydrogen) atoms. The first-order valence-electron chi connectivity index (χ1n) is 4.34. The van der Waals surface area contributed by atoms with Crippen LogP contribution < -0.4 is 0 Å². The maximum absolute atomic E-state index is 2.28. The Kier molecular flexibility index (Phi) is 2.21. The molecule has 59 valence electrons. The van der Waals surface area contributed by atoms with Crippen LogP contribution in [0.4, 0.5) is 0 Å². The molecule has 1 atom stereocenters. The Balaban J connectivity index is 2.57. The first-order valence-corrected chi connectivity index (χ1v) is 5.24. The number of allylic oxidation sites excluding steroid dienone is 1. The van der Waals surface area contributed by atoms with Crippen molar-refractivity contribution in [2.24, 2.45) is 0 Å². The van der Waals surface area contributed by atoms with E-state index >= 15 is 0 Å². The van der Waals surface area contributed by atoms with Crippen molar-refractivity contribution in [3.63, 3.8) is 0 Å². The third-order valence-corrected chi connectivity index (χ3v) is 3.19. The van der Waals surface area contributed by atoms with E-state index in [4.69, 9.17) is 0 Å². The van der Waals surface area contributed by atoms with E-state index in [0.717, 1.165) is 6.42 Å². The molecule has 0 saturated carbocycles. The van der Waals surface area contributed by atoms with E-state index in [0.29, 0.717) is 4.22 Å². The summed E-state index contributed by atoms with van der Waals surface area (Å²) in [5, 5.41) is 0. The number of rotatable bonds is 1. The average molecular weight is 191 g/mol. The summed E-state index contributed by atoms with van der Waals surface area (Å²) in [6, 6.07) is 6.63. The average Bonchev–Trinajstić information content (AvgIpc) is 2.48. The van der Waals surface area contributed by atoms with Gasteiger partial charge in [0.1, 0.15) is 0 Å². The van der Waals surface area contributed by atoms with Gasteiger partial charge >= 0.3 is 85.0 Å². The fourth-order valence-electron chi connectivity index (χ4n) is 1.71. The molecular weight excluding hydrogens is 180 g/mol. The third kappa shape index (κ3) is 1.20. The van der Waals surface area contributed by atoms with Crippen molar-refractivity contribution < 1.29 is 20.4 Å². The molecule has 2 rings (SSSR count). The molecule has 0 heterocycles. The molecule has 1 aromatic carbocycles. The molecule has 0 fully saturated rings. The zero-order valence-electron chi connectivity index (χ0n) is 7.17. The Morgan fingerprint density at radius 3 is 3.00 bits per heavy atom. The summed E-state index contributed by atoms with van der Waals surface area (Å²) < 4.78 is 0.617. The topological polar surface area (TPSA) is 0 Å². The molecule has 0 saturated heterocycles. The summed E-state index contributed by atoms with van der Waals surface area (Å²) in [6.45, 7) is 2.21. The molecule has 1 aliphatic rings. The van der Waals surface area contributed by atoms with Crippen LogP contribution in [-0.4, -0.2) is 0 Å². The van der Waals surface area contributed by atoms with Gasteiger partial charge in [-0.15, -0.1) is 0 Å². The zero-order valence-corrected chi connectivity index (χ0v) is 8.73. The molecule has 0 amide bonds. The quantitative estimate of drug-likeness (QED) is 0.598. The molecule has 0 N–H and O–H groups in total. The summed E-state index contributed by atoms with van der Waals surface area (Å²) >= 11 is 2.25. The van der Waals surface area contributed by atoms with Gasteiger partial charge in [0, 0.05) is 0 Å². The van der Waals surface area contributed by atoms with Gasteiger partial charge < -0.3 is 0 Å².